The molecule has 3 rings (SSSR count). The van der Waals surface area contributed by atoms with Crippen LogP contribution in [-0.4, -0.2) is 54.0 Å². The molecule has 2 saturated heterocycles. The molecule has 3 aliphatic rings. The molecule has 1 atom stereocenters. The third kappa shape index (κ3) is 2.63. The second-order valence-corrected chi connectivity index (χ2v) is 6.06. The van der Waals surface area contributed by atoms with Crippen molar-refractivity contribution in [2.45, 2.75) is 57.0 Å². The number of fused-ring (bicyclic) bond motifs is 1. The summed E-state index contributed by atoms with van der Waals surface area (Å²) in [6.07, 6.45) is 9.08. The minimum Gasteiger partial charge on any atom is -0.370 e. The van der Waals surface area contributed by atoms with E-state index < -0.39 is 0 Å². The summed E-state index contributed by atoms with van der Waals surface area (Å²) in [4.78, 5) is 9.74. The van der Waals surface area contributed by atoms with Crippen LogP contribution in [0.2, 0.25) is 0 Å². The van der Waals surface area contributed by atoms with E-state index >= 15 is 0 Å². The van der Waals surface area contributed by atoms with E-state index in [2.05, 4.69) is 9.80 Å². The Labute approximate surface area is 110 Å². The van der Waals surface area contributed by atoms with Crippen molar-refractivity contribution in [3.63, 3.8) is 0 Å². The van der Waals surface area contributed by atoms with E-state index in [1.54, 1.807) is 0 Å². The van der Waals surface area contributed by atoms with Crippen LogP contribution in [0.15, 0.2) is 4.99 Å². The van der Waals surface area contributed by atoms with Gasteiger partial charge in [0.25, 0.3) is 0 Å². The molecule has 2 aliphatic heterocycles. The first-order valence-corrected chi connectivity index (χ1v) is 7.65. The van der Waals surface area contributed by atoms with Crippen molar-refractivity contribution in [3.05, 3.63) is 0 Å². The normalized spacial score (nSPS) is 31.7. The second kappa shape index (κ2) is 5.47. The lowest BCUT2D eigenvalue weighted by Crippen LogP contribution is -2.43. The highest BCUT2D eigenvalue weighted by Crippen LogP contribution is 2.23. The highest BCUT2D eigenvalue weighted by Gasteiger charge is 2.29. The Balaban J connectivity index is 1.63. The zero-order valence-corrected chi connectivity index (χ0v) is 11.4. The molecule has 1 saturated carbocycles. The summed E-state index contributed by atoms with van der Waals surface area (Å²) < 4.78 is 0. The first-order valence-electron chi connectivity index (χ1n) is 7.65. The molecule has 102 valence electrons. The molecule has 0 spiro atoms. The van der Waals surface area contributed by atoms with Crippen molar-refractivity contribution in [1.82, 2.24) is 9.80 Å². The monoisotopic (exact) mass is 250 g/mol. The molecule has 0 radical (unpaired) electrons. The van der Waals surface area contributed by atoms with Crippen molar-refractivity contribution in [2.24, 2.45) is 10.7 Å². The fraction of sp³-hybridized carbons (Fsp3) is 0.929. The Morgan fingerprint density at radius 1 is 0.944 bits per heavy atom. The molecule has 1 aliphatic carbocycles. The summed E-state index contributed by atoms with van der Waals surface area (Å²) in [5.74, 6) is 0.815. The number of rotatable bonds is 1. The highest BCUT2D eigenvalue weighted by atomic mass is 15.3. The summed E-state index contributed by atoms with van der Waals surface area (Å²) in [6.45, 7) is 4.73. The maximum absolute atomic E-state index is 6.24. The largest absolute Gasteiger partial charge is 0.370 e. The van der Waals surface area contributed by atoms with Crippen LogP contribution in [-0.2, 0) is 0 Å². The van der Waals surface area contributed by atoms with Gasteiger partial charge in [-0.05, 0) is 38.6 Å². The summed E-state index contributed by atoms with van der Waals surface area (Å²) in [5, 5.41) is 0. The minimum atomic E-state index is 0.507. The van der Waals surface area contributed by atoms with Crippen LogP contribution in [0.1, 0.15) is 44.9 Å². The van der Waals surface area contributed by atoms with Gasteiger partial charge in [-0.25, -0.2) is 4.99 Å². The van der Waals surface area contributed by atoms with Gasteiger partial charge < -0.3 is 10.6 Å². The molecule has 2 N–H and O–H groups in total. The zero-order valence-electron chi connectivity index (χ0n) is 11.4. The van der Waals surface area contributed by atoms with E-state index in [-0.39, 0.29) is 0 Å². The van der Waals surface area contributed by atoms with E-state index in [4.69, 9.17) is 10.7 Å². The molecule has 2 heterocycles. The highest BCUT2D eigenvalue weighted by molar-refractivity contribution is 5.78. The molecule has 0 aromatic carbocycles. The lowest BCUT2D eigenvalue weighted by Gasteiger charge is -2.26. The Hall–Kier alpha value is -0.770. The average Bonchev–Trinajstić information content (AvgIpc) is 2.97. The Bertz CT molecular complexity index is 309. The van der Waals surface area contributed by atoms with Gasteiger partial charge in [0.2, 0.25) is 0 Å². The number of nitrogens with two attached hydrogens (primary N) is 1. The third-order valence-corrected chi connectivity index (χ3v) is 4.77. The van der Waals surface area contributed by atoms with Crippen molar-refractivity contribution in [3.8, 4) is 0 Å². The summed E-state index contributed by atoms with van der Waals surface area (Å²) in [6, 6.07) is 1.23. The first-order chi connectivity index (χ1) is 8.83. The number of hydrogen-bond acceptors (Lipinski definition) is 2. The van der Waals surface area contributed by atoms with Crippen LogP contribution < -0.4 is 5.73 Å². The predicted molar refractivity (Wildman–Crippen MR) is 74.7 cm³/mol. The van der Waals surface area contributed by atoms with E-state index in [0.29, 0.717) is 6.04 Å². The van der Waals surface area contributed by atoms with Crippen molar-refractivity contribution >= 4 is 5.96 Å². The molecule has 3 fully saturated rings. The predicted octanol–water partition coefficient (Wildman–Crippen LogP) is 1.41. The van der Waals surface area contributed by atoms with Crippen molar-refractivity contribution < 1.29 is 0 Å². The molecule has 18 heavy (non-hydrogen) atoms. The van der Waals surface area contributed by atoms with E-state index in [1.165, 1.54) is 58.0 Å². The summed E-state index contributed by atoms with van der Waals surface area (Å²) in [7, 11) is 0. The Morgan fingerprint density at radius 2 is 1.72 bits per heavy atom. The van der Waals surface area contributed by atoms with Crippen LogP contribution >= 0.6 is 0 Å². The summed E-state index contributed by atoms with van der Waals surface area (Å²) in [5.41, 5.74) is 6.24. The number of hydrogen-bond donors (Lipinski definition) is 1. The molecule has 4 nitrogen and oxygen atoms in total. The van der Waals surface area contributed by atoms with Gasteiger partial charge in [0, 0.05) is 25.7 Å². The van der Waals surface area contributed by atoms with Gasteiger partial charge >= 0.3 is 0 Å². The molecule has 1 unspecified atom stereocenters. The summed E-state index contributed by atoms with van der Waals surface area (Å²) >= 11 is 0. The number of guanidine groups is 1. The van der Waals surface area contributed by atoms with Crippen LogP contribution in [0.5, 0.6) is 0 Å². The maximum Gasteiger partial charge on any atom is 0.191 e. The van der Waals surface area contributed by atoms with E-state index in [1.807, 2.05) is 0 Å². The molecular weight excluding hydrogens is 224 g/mol. The van der Waals surface area contributed by atoms with Crippen molar-refractivity contribution in [2.75, 3.05) is 26.2 Å². The Morgan fingerprint density at radius 3 is 2.56 bits per heavy atom. The molecule has 4 heteroatoms. The molecular formula is C14H26N4. The zero-order chi connectivity index (χ0) is 12.4. The van der Waals surface area contributed by atoms with Crippen molar-refractivity contribution in [1.29, 1.82) is 0 Å². The van der Waals surface area contributed by atoms with Crippen LogP contribution in [0.25, 0.3) is 0 Å². The standard InChI is InChI=1S/C14H26N4/c15-14(16-12-5-1-2-6-12)18-10-4-9-17-8-3-7-13(17)11-18/h12-13H,1-11H2,(H2,15,16). The molecule has 0 aromatic heterocycles. The minimum absolute atomic E-state index is 0.507. The molecule has 0 aromatic rings. The third-order valence-electron chi connectivity index (χ3n) is 4.77. The fourth-order valence-corrected chi connectivity index (χ4v) is 3.72. The number of nitrogens with zero attached hydrogens (tertiary/aromatic N) is 3. The van der Waals surface area contributed by atoms with Gasteiger partial charge in [-0.2, -0.15) is 0 Å². The maximum atomic E-state index is 6.24. The van der Waals surface area contributed by atoms with E-state index in [0.717, 1.165) is 25.1 Å². The topological polar surface area (TPSA) is 44.9 Å². The van der Waals surface area contributed by atoms with Gasteiger partial charge in [-0.15, -0.1) is 0 Å². The van der Waals surface area contributed by atoms with Gasteiger partial charge in [-0.3, -0.25) is 4.90 Å². The van der Waals surface area contributed by atoms with Gasteiger partial charge in [0.1, 0.15) is 0 Å². The molecule has 0 bridgehead atoms. The fourth-order valence-electron chi connectivity index (χ4n) is 3.72. The van der Waals surface area contributed by atoms with E-state index in [9.17, 15) is 0 Å². The van der Waals surface area contributed by atoms with Gasteiger partial charge in [0.15, 0.2) is 5.96 Å². The first kappa shape index (κ1) is 12.3. The quantitative estimate of drug-likeness (QED) is 0.565. The smallest absolute Gasteiger partial charge is 0.191 e. The number of aliphatic imine (C=N–C) groups is 1. The van der Waals surface area contributed by atoms with Crippen LogP contribution in [0.3, 0.4) is 0 Å². The van der Waals surface area contributed by atoms with Crippen LogP contribution in [0.4, 0.5) is 0 Å². The Kier molecular flexibility index (Phi) is 3.73. The van der Waals surface area contributed by atoms with Crippen LogP contribution in [0, 0.1) is 0 Å². The molecule has 0 amide bonds. The average molecular weight is 250 g/mol. The lowest BCUT2D eigenvalue weighted by atomic mass is 10.2. The van der Waals surface area contributed by atoms with Gasteiger partial charge in [-0.1, -0.05) is 12.8 Å². The second-order valence-electron chi connectivity index (χ2n) is 6.06. The van der Waals surface area contributed by atoms with Gasteiger partial charge in [0.05, 0.1) is 6.04 Å². The SMILES string of the molecule is NC(=NC1CCCC1)N1CCCN2CCCC2C1. The lowest BCUT2D eigenvalue weighted by molar-refractivity contribution is 0.255.